The molecule has 1 aromatic heterocycles. The van der Waals surface area contributed by atoms with Crippen LogP contribution in [0.4, 0.5) is 0 Å². The van der Waals surface area contributed by atoms with Crippen molar-refractivity contribution in [1.29, 1.82) is 0 Å². The van der Waals surface area contributed by atoms with Crippen LogP contribution in [0.5, 0.6) is 0 Å². The quantitative estimate of drug-likeness (QED) is 0.666. The molecule has 1 aromatic rings. The first-order chi connectivity index (χ1) is 9.04. The van der Waals surface area contributed by atoms with E-state index in [2.05, 4.69) is 9.97 Å². The number of carbonyl (C=O) groups excluding carboxylic acids is 1. The maximum absolute atomic E-state index is 12.2. The molecule has 0 bridgehead atoms. The van der Waals surface area contributed by atoms with Crippen LogP contribution >= 0.6 is 0 Å². The van der Waals surface area contributed by atoms with E-state index in [9.17, 15) is 14.4 Å². The van der Waals surface area contributed by atoms with Crippen LogP contribution < -0.4 is 5.69 Å². The summed E-state index contributed by atoms with van der Waals surface area (Å²) in [6.45, 7) is 2.36. The highest BCUT2D eigenvalue weighted by molar-refractivity contribution is 5.92. The van der Waals surface area contributed by atoms with Gasteiger partial charge in [-0.1, -0.05) is 0 Å². The second kappa shape index (κ2) is 5.27. The molecule has 0 radical (unpaired) electrons. The molecule has 1 saturated heterocycles. The number of aromatic nitrogens is 2. The van der Waals surface area contributed by atoms with E-state index < -0.39 is 29.5 Å². The lowest BCUT2D eigenvalue weighted by molar-refractivity contribution is -0.142. The van der Waals surface area contributed by atoms with Crippen LogP contribution in [-0.2, 0) is 9.53 Å². The predicted molar refractivity (Wildman–Crippen MR) is 63.9 cm³/mol. The highest BCUT2D eigenvalue weighted by Crippen LogP contribution is 2.21. The maximum Gasteiger partial charge on any atom is 0.323 e. The van der Waals surface area contributed by atoms with E-state index >= 15 is 0 Å². The number of H-pyrrole nitrogens is 2. The van der Waals surface area contributed by atoms with Gasteiger partial charge in [-0.3, -0.25) is 9.59 Å². The Morgan fingerprint density at radius 1 is 1.53 bits per heavy atom. The molecule has 0 spiro atoms. The number of ether oxygens (including phenoxy) is 1. The smallest absolute Gasteiger partial charge is 0.323 e. The van der Waals surface area contributed by atoms with E-state index in [0.717, 1.165) is 0 Å². The third kappa shape index (κ3) is 2.53. The molecule has 1 amide bonds. The van der Waals surface area contributed by atoms with Crippen LogP contribution in [0.15, 0.2) is 11.0 Å². The van der Waals surface area contributed by atoms with Gasteiger partial charge in [0.05, 0.1) is 19.3 Å². The Morgan fingerprint density at radius 3 is 2.79 bits per heavy atom. The lowest BCUT2D eigenvalue weighted by Crippen LogP contribution is -2.46. The highest BCUT2D eigenvalue weighted by atomic mass is 16.5. The molecule has 0 saturated carbocycles. The number of carboxylic acid groups (broad SMARTS) is 1. The molecule has 8 heteroatoms. The Kier molecular flexibility index (Phi) is 3.70. The van der Waals surface area contributed by atoms with Crippen molar-refractivity contribution in [2.24, 2.45) is 5.92 Å². The molecule has 8 nitrogen and oxygen atoms in total. The first kappa shape index (κ1) is 13.3. The van der Waals surface area contributed by atoms with Gasteiger partial charge in [-0.2, -0.15) is 0 Å². The van der Waals surface area contributed by atoms with Gasteiger partial charge in [0.1, 0.15) is 11.6 Å². The lowest BCUT2D eigenvalue weighted by atomic mass is 10.0. The van der Waals surface area contributed by atoms with Gasteiger partial charge in [0.2, 0.25) is 0 Å². The summed E-state index contributed by atoms with van der Waals surface area (Å²) in [6, 6.07) is -0.520. The Bertz CT molecular complexity index is 534. The second-order valence-corrected chi connectivity index (χ2v) is 4.30. The van der Waals surface area contributed by atoms with Crippen LogP contribution in [0.25, 0.3) is 0 Å². The number of hydrogen-bond acceptors (Lipinski definition) is 4. The van der Waals surface area contributed by atoms with Crippen LogP contribution in [0.2, 0.25) is 0 Å². The van der Waals surface area contributed by atoms with E-state index in [-0.39, 0.29) is 18.9 Å². The molecule has 2 atom stereocenters. The largest absolute Gasteiger partial charge is 0.481 e. The number of rotatable bonds is 4. The summed E-state index contributed by atoms with van der Waals surface area (Å²) >= 11 is 0. The third-order valence-corrected chi connectivity index (χ3v) is 3.20. The minimum atomic E-state index is -0.990. The number of aliphatic carboxylic acids is 1. The molecule has 19 heavy (non-hydrogen) atoms. The Morgan fingerprint density at radius 2 is 2.26 bits per heavy atom. The number of nitrogens with one attached hydrogen (secondary N) is 2. The molecular weight excluding hydrogens is 254 g/mol. The number of amides is 1. The zero-order valence-electron chi connectivity index (χ0n) is 10.4. The molecular formula is C11H15N3O5. The summed E-state index contributed by atoms with van der Waals surface area (Å²) in [4.78, 5) is 40.5. The SMILES string of the molecule is CCN(C(=O)c1c[nH]c(=O)[nH]1)C1COCC1C(=O)O. The minimum absolute atomic E-state index is 0.0907. The van der Waals surface area contributed by atoms with E-state index in [1.54, 1.807) is 6.92 Å². The van der Waals surface area contributed by atoms with Crippen molar-refractivity contribution >= 4 is 11.9 Å². The number of aromatic amines is 2. The minimum Gasteiger partial charge on any atom is -0.481 e. The summed E-state index contributed by atoms with van der Waals surface area (Å²) in [5.41, 5.74) is -0.361. The average Bonchev–Trinajstić information content (AvgIpc) is 2.98. The highest BCUT2D eigenvalue weighted by Gasteiger charge is 2.39. The molecule has 2 rings (SSSR count). The van der Waals surface area contributed by atoms with Gasteiger partial charge in [0.25, 0.3) is 5.91 Å². The van der Waals surface area contributed by atoms with Gasteiger partial charge < -0.3 is 24.7 Å². The zero-order valence-corrected chi connectivity index (χ0v) is 10.4. The van der Waals surface area contributed by atoms with Gasteiger partial charge >= 0.3 is 11.7 Å². The second-order valence-electron chi connectivity index (χ2n) is 4.30. The molecule has 1 fully saturated rings. The summed E-state index contributed by atoms with van der Waals surface area (Å²) in [5, 5.41) is 9.10. The molecule has 3 N–H and O–H groups in total. The topological polar surface area (TPSA) is 115 Å². The fourth-order valence-corrected chi connectivity index (χ4v) is 2.22. The van der Waals surface area contributed by atoms with Crippen molar-refractivity contribution < 1.29 is 19.4 Å². The molecule has 104 valence electrons. The molecule has 1 aliphatic heterocycles. The number of imidazole rings is 1. The summed E-state index contributed by atoms with van der Waals surface area (Å²) in [6.07, 6.45) is 1.28. The van der Waals surface area contributed by atoms with Crippen molar-refractivity contribution in [1.82, 2.24) is 14.9 Å². The fraction of sp³-hybridized carbons (Fsp3) is 0.545. The van der Waals surface area contributed by atoms with E-state index in [1.165, 1.54) is 11.1 Å². The van der Waals surface area contributed by atoms with Crippen molar-refractivity contribution in [3.63, 3.8) is 0 Å². The molecule has 2 heterocycles. The van der Waals surface area contributed by atoms with Crippen molar-refractivity contribution in [2.75, 3.05) is 19.8 Å². The van der Waals surface area contributed by atoms with Gasteiger partial charge in [0, 0.05) is 12.7 Å². The van der Waals surface area contributed by atoms with Crippen molar-refractivity contribution in [2.45, 2.75) is 13.0 Å². The van der Waals surface area contributed by atoms with Crippen LogP contribution in [0.1, 0.15) is 17.4 Å². The van der Waals surface area contributed by atoms with Crippen molar-refractivity contribution in [3.8, 4) is 0 Å². The predicted octanol–water partition coefficient (Wildman–Crippen LogP) is -0.735. The lowest BCUT2D eigenvalue weighted by Gasteiger charge is -2.28. The average molecular weight is 269 g/mol. The van der Waals surface area contributed by atoms with Crippen LogP contribution in [0.3, 0.4) is 0 Å². The van der Waals surface area contributed by atoms with Gasteiger partial charge in [0.15, 0.2) is 0 Å². The zero-order chi connectivity index (χ0) is 14.0. The Balaban J connectivity index is 2.22. The number of carbonyl (C=O) groups is 2. The van der Waals surface area contributed by atoms with Crippen LogP contribution in [-0.4, -0.2) is 57.7 Å². The normalized spacial score (nSPS) is 22.4. The van der Waals surface area contributed by atoms with E-state index in [1.807, 2.05) is 0 Å². The first-order valence-corrected chi connectivity index (χ1v) is 5.93. The number of hydrogen-bond donors (Lipinski definition) is 3. The molecule has 1 aliphatic rings. The molecule has 0 aliphatic carbocycles. The monoisotopic (exact) mass is 269 g/mol. The number of nitrogens with zero attached hydrogens (tertiary/aromatic N) is 1. The first-order valence-electron chi connectivity index (χ1n) is 5.93. The number of likely N-dealkylation sites (N-methyl/N-ethyl adjacent to an activating group) is 1. The van der Waals surface area contributed by atoms with Gasteiger partial charge in [-0.15, -0.1) is 0 Å². The van der Waals surface area contributed by atoms with Gasteiger partial charge in [-0.05, 0) is 6.92 Å². The molecule has 2 unspecified atom stereocenters. The summed E-state index contributed by atoms with van der Waals surface area (Å²) in [7, 11) is 0. The summed E-state index contributed by atoms with van der Waals surface area (Å²) in [5.74, 6) is -2.14. The van der Waals surface area contributed by atoms with E-state index in [0.29, 0.717) is 6.54 Å². The summed E-state index contributed by atoms with van der Waals surface area (Å²) < 4.78 is 5.15. The Labute approximate surface area is 108 Å². The fourth-order valence-electron chi connectivity index (χ4n) is 2.22. The van der Waals surface area contributed by atoms with Crippen molar-refractivity contribution in [3.05, 3.63) is 22.4 Å². The Hall–Kier alpha value is -2.09. The van der Waals surface area contributed by atoms with Gasteiger partial charge in [-0.25, -0.2) is 4.79 Å². The van der Waals surface area contributed by atoms with Crippen LogP contribution in [0, 0.1) is 5.92 Å². The van der Waals surface area contributed by atoms with E-state index in [4.69, 9.17) is 9.84 Å². The third-order valence-electron chi connectivity index (χ3n) is 3.20. The number of carboxylic acids is 1. The maximum atomic E-state index is 12.2. The standard InChI is InChI=1S/C11H15N3O5/c1-2-14(8-5-19-4-6(8)10(16)17)9(15)7-3-12-11(18)13-7/h3,6,8H,2,4-5H2,1H3,(H,16,17)(H2,12,13,18). The molecule has 0 aromatic carbocycles.